The van der Waals surface area contributed by atoms with Crippen LogP contribution in [0.5, 0.6) is 0 Å². The second-order valence-electron chi connectivity index (χ2n) is 4.48. The monoisotopic (exact) mass is 187 g/mol. The maximum Gasteiger partial charge on any atom is 0.0512 e. The van der Waals surface area contributed by atoms with E-state index in [1.165, 1.54) is 6.42 Å². The molecule has 0 aliphatic carbocycles. The summed E-state index contributed by atoms with van der Waals surface area (Å²) in [5.41, 5.74) is 0. The van der Waals surface area contributed by atoms with E-state index in [9.17, 15) is 0 Å². The summed E-state index contributed by atoms with van der Waals surface area (Å²) in [7, 11) is 0. The second-order valence-corrected chi connectivity index (χ2v) is 4.48. The SMILES string of the molecule is CC(C)CC(C)NCCCC(C)O. The molecule has 0 amide bonds. The van der Waals surface area contributed by atoms with Gasteiger partial charge in [-0.25, -0.2) is 0 Å². The summed E-state index contributed by atoms with van der Waals surface area (Å²) in [6.07, 6.45) is 3.05. The molecule has 2 N–H and O–H groups in total. The van der Waals surface area contributed by atoms with E-state index in [0.29, 0.717) is 6.04 Å². The number of hydrogen-bond donors (Lipinski definition) is 2. The maximum atomic E-state index is 9.04. The summed E-state index contributed by atoms with van der Waals surface area (Å²) in [6.45, 7) is 9.58. The first-order valence-corrected chi connectivity index (χ1v) is 5.43. The van der Waals surface area contributed by atoms with Crippen LogP contribution in [-0.4, -0.2) is 23.8 Å². The molecule has 0 spiro atoms. The van der Waals surface area contributed by atoms with Gasteiger partial charge in [0.05, 0.1) is 6.10 Å². The van der Waals surface area contributed by atoms with Crippen molar-refractivity contribution in [3.05, 3.63) is 0 Å². The maximum absolute atomic E-state index is 9.04. The molecular weight excluding hydrogens is 162 g/mol. The van der Waals surface area contributed by atoms with Crippen molar-refractivity contribution < 1.29 is 5.11 Å². The molecule has 0 saturated heterocycles. The summed E-state index contributed by atoms with van der Waals surface area (Å²) in [5, 5.41) is 12.5. The number of nitrogens with one attached hydrogen (secondary N) is 1. The molecule has 0 rings (SSSR count). The summed E-state index contributed by atoms with van der Waals surface area (Å²) in [5.74, 6) is 0.763. The van der Waals surface area contributed by atoms with Crippen molar-refractivity contribution in [2.45, 2.75) is 59.1 Å². The Balaban J connectivity index is 3.22. The lowest BCUT2D eigenvalue weighted by atomic mass is 10.1. The van der Waals surface area contributed by atoms with Gasteiger partial charge in [-0.3, -0.25) is 0 Å². The zero-order chi connectivity index (χ0) is 10.3. The molecule has 0 saturated carbocycles. The standard InChI is InChI=1S/C11H25NO/c1-9(2)8-10(3)12-7-5-6-11(4)13/h9-13H,5-8H2,1-4H3. The van der Waals surface area contributed by atoms with Crippen LogP contribution < -0.4 is 5.32 Å². The first-order chi connectivity index (χ1) is 6.02. The van der Waals surface area contributed by atoms with Crippen LogP contribution in [0.25, 0.3) is 0 Å². The van der Waals surface area contributed by atoms with E-state index in [1.807, 2.05) is 6.92 Å². The Bertz CT molecular complexity index is 113. The predicted molar refractivity (Wildman–Crippen MR) is 57.8 cm³/mol. The van der Waals surface area contributed by atoms with Gasteiger partial charge in [0.2, 0.25) is 0 Å². The van der Waals surface area contributed by atoms with Crippen LogP contribution >= 0.6 is 0 Å². The van der Waals surface area contributed by atoms with Crippen LogP contribution in [0.2, 0.25) is 0 Å². The van der Waals surface area contributed by atoms with E-state index in [0.717, 1.165) is 25.3 Å². The predicted octanol–water partition coefficient (Wildman–Crippen LogP) is 2.17. The molecule has 0 aromatic heterocycles. The largest absolute Gasteiger partial charge is 0.393 e. The van der Waals surface area contributed by atoms with Crippen molar-refractivity contribution in [3.8, 4) is 0 Å². The van der Waals surface area contributed by atoms with Crippen molar-refractivity contribution in [1.82, 2.24) is 5.32 Å². The van der Waals surface area contributed by atoms with Crippen LogP contribution in [0.3, 0.4) is 0 Å². The molecule has 0 aromatic rings. The fourth-order valence-corrected chi connectivity index (χ4v) is 1.54. The minimum absolute atomic E-state index is 0.151. The van der Waals surface area contributed by atoms with Gasteiger partial charge in [0.1, 0.15) is 0 Å². The highest BCUT2D eigenvalue weighted by Gasteiger charge is 2.03. The highest BCUT2D eigenvalue weighted by molar-refractivity contribution is 4.63. The molecule has 0 aliphatic heterocycles. The van der Waals surface area contributed by atoms with E-state index >= 15 is 0 Å². The van der Waals surface area contributed by atoms with Gasteiger partial charge in [-0.1, -0.05) is 13.8 Å². The fraction of sp³-hybridized carbons (Fsp3) is 1.00. The minimum Gasteiger partial charge on any atom is -0.393 e. The van der Waals surface area contributed by atoms with Crippen molar-refractivity contribution >= 4 is 0 Å². The lowest BCUT2D eigenvalue weighted by Gasteiger charge is -2.15. The van der Waals surface area contributed by atoms with Crippen LogP contribution in [0, 0.1) is 5.92 Å². The molecular formula is C11H25NO. The molecule has 0 heterocycles. The van der Waals surface area contributed by atoms with Crippen LogP contribution in [0.4, 0.5) is 0 Å². The molecule has 0 fully saturated rings. The summed E-state index contributed by atoms with van der Waals surface area (Å²) < 4.78 is 0. The van der Waals surface area contributed by atoms with Gasteiger partial charge < -0.3 is 10.4 Å². The summed E-state index contributed by atoms with van der Waals surface area (Å²) >= 11 is 0. The third-order valence-corrected chi connectivity index (χ3v) is 2.12. The first-order valence-electron chi connectivity index (χ1n) is 5.43. The van der Waals surface area contributed by atoms with Crippen molar-refractivity contribution in [1.29, 1.82) is 0 Å². The van der Waals surface area contributed by atoms with E-state index in [1.54, 1.807) is 0 Å². The quantitative estimate of drug-likeness (QED) is 0.599. The van der Waals surface area contributed by atoms with E-state index < -0.39 is 0 Å². The van der Waals surface area contributed by atoms with Gasteiger partial charge in [0.15, 0.2) is 0 Å². The zero-order valence-electron chi connectivity index (χ0n) is 9.51. The molecule has 13 heavy (non-hydrogen) atoms. The van der Waals surface area contributed by atoms with E-state index in [4.69, 9.17) is 5.11 Å². The third kappa shape index (κ3) is 9.84. The lowest BCUT2D eigenvalue weighted by Crippen LogP contribution is -2.28. The molecule has 0 bridgehead atoms. The molecule has 2 heteroatoms. The average Bonchev–Trinajstić information content (AvgIpc) is 1.96. The Hall–Kier alpha value is -0.0800. The topological polar surface area (TPSA) is 32.3 Å². The molecule has 80 valence electrons. The first kappa shape index (κ1) is 12.9. The van der Waals surface area contributed by atoms with Gasteiger partial charge in [-0.15, -0.1) is 0 Å². The van der Waals surface area contributed by atoms with Crippen LogP contribution in [-0.2, 0) is 0 Å². The Morgan fingerprint density at radius 1 is 1.15 bits per heavy atom. The van der Waals surface area contributed by atoms with Crippen molar-refractivity contribution in [2.75, 3.05) is 6.54 Å². The minimum atomic E-state index is -0.151. The van der Waals surface area contributed by atoms with Crippen LogP contribution in [0.15, 0.2) is 0 Å². The number of rotatable bonds is 7. The highest BCUT2D eigenvalue weighted by atomic mass is 16.3. The van der Waals surface area contributed by atoms with E-state index in [-0.39, 0.29) is 6.10 Å². The zero-order valence-corrected chi connectivity index (χ0v) is 9.51. The highest BCUT2D eigenvalue weighted by Crippen LogP contribution is 2.03. The van der Waals surface area contributed by atoms with Crippen molar-refractivity contribution in [2.24, 2.45) is 5.92 Å². The van der Waals surface area contributed by atoms with Gasteiger partial charge in [0.25, 0.3) is 0 Å². The number of hydrogen-bond acceptors (Lipinski definition) is 2. The molecule has 0 aliphatic rings. The Morgan fingerprint density at radius 2 is 1.77 bits per heavy atom. The Morgan fingerprint density at radius 3 is 2.23 bits per heavy atom. The van der Waals surface area contributed by atoms with Crippen LogP contribution in [0.1, 0.15) is 47.0 Å². The normalized spacial score (nSPS) is 16.2. The molecule has 2 atom stereocenters. The molecule has 2 nitrogen and oxygen atoms in total. The van der Waals surface area contributed by atoms with Gasteiger partial charge in [-0.2, -0.15) is 0 Å². The summed E-state index contributed by atoms with van der Waals surface area (Å²) in [6, 6.07) is 0.606. The van der Waals surface area contributed by atoms with Gasteiger partial charge in [0, 0.05) is 6.04 Å². The molecule has 2 unspecified atom stereocenters. The smallest absolute Gasteiger partial charge is 0.0512 e. The molecule has 0 radical (unpaired) electrons. The van der Waals surface area contributed by atoms with E-state index in [2.05, 4.69) is 26.1 Å². The number of aliphatic hydroxyl groups is 1. The van der Waals surface area contributed by atoms with Crippen molar-refractivity contribution in [3.63, 3.8) is 0 Å². The van der Waals surface area contributed by atoms with Gasteiger partial charge >= 0.3 is 0 Å². The lowest BCUT2D eigenvalue weighted by molar-refractivity contribution is 0.180. The Labute approximate surface area is 82.7 Å². The Kier molecular flexibility index (Phi) is 7.29. The molecule has 0 aromatic carbocycles. The third-order valence-electron chi connectivity index (χ3n) is 2.12. The average molecular weight is 187 g/mol. The number of aliphatic hydroxyl groups excluding tert-OH is 1. The second kappa shape index (κ2) is 7.34. The fourth-order valence-electron chi connectivity index (χ4n) is 1.54. The summed E-state index contributed by atoms with van der Waals surface area (Å²) in [4.78, 5) is 0. The van der Waals surface area contributed by atoms with Gasteiger partial charge in [-0.05, 0) is 45.6 Å².